The van der Waals surface area contributed by atoms with Crippen LogP contribution in [0.15, 0.2) is 39.2 Å². The second-order valence-electron chi connectivity index (χ2n) is 5.73. The van der Waals surface area contributed by atoms with Crippen LogP contribution in [0, 0.1) is 5.92 Å². The van der Waals surface area contributed by atoms with Gasteiger partial charge in [-0.25, -0.2) is 9.79 Å². The number of thioether (sulfide) groups is 1. The Labute approximate surface area is 158 Å². The van der Waals surface area contributed by atoms with Crippen molar-refractivity contribution in [1.82, 2.24) is 20.1 Å². The summed E-state index contributed by atoms with van der Waals surface area (Å²) >= 11 is 1.08. The van der Waals surface area contributed by atoms with Gasteiger partial charge in [-0.2, -0.15) is 0 Å². The molecule has 140 valence electrons. The summed E-state index contributed by atoms with van der Waals surface area (Å²) in [5, 5.41) is 10.7. The fraction of sp³-hybridized carbons (Fsp3) is 0.312. The maximum atomic E-state index is 12.2. The number of nitrogens with one attached hydrogen (secondary N) is 1. The zero-order valence-corrected chi connectivity index (χ0v) is 15.4. The Morgan fingerprint density at radius 2 is 2.19 bits per heavy atom. The van der Waals surface area contributed by atoms with Gasteiger partial charge >= 0.3 is 6.03 Å². The molecule has 3 rings (SSSR count). The number of amides is 4. The van der Waals surface area contributed by atoms with Crippen LogP contribution in [-0.2, 0) is 16.0 Å². The monoisotopic (exact) mass is 388 g/mol. The molecule has 2 aromatic rings. The van der Waals surface area contributed by atoms with Crippen LogP contribution in [-0.4, -0.2) is 56.4 Å². The van der Waals surface area contributed by atoms with Crippen molar-refractivity contribution in [3.8, 4) is 0 Å². The van der Waals surface area contributed by atoms with Gasteiger partial charge < -0.3 is 9.73 Å². The number of urea groups is 1. The first kappa shape index (κ1) is 18.7. The SMILES string of the molecule is CC1=NC(=O)N(C)C(=O)C1Cc1nnc(SCC(=O)Nc2cccnc2)o1. The fourth-order valence-corrected chi connectivity index (χ4v) is 2.94. The van der Waals surface area contributed by atoms with E-state index in [-0.39, 0.29) is 35.1 Å². The first-order valence-electron chi connectivity index (χ1n) is 7.96. The number of aliphatic imine (C=N–C) groups is 1. The van der Waals surface area contributed by atoms with E-state index >= 15 is 0 Å². The van der Waals surface area contributed by atoms with Gasteiger partial charge in [0.05, 0.1) is 23.6 Å². The highest BCUT2D eigenvalue weighted by Crippen LogP contribution is 2.21. The number of nitrogens with zero attached hydrogens (tertiary/aromatic N) is 5. The topological polar surface area (TPSA) is 131 Å². The molecule has 1 unspecified atom stereocenters. The number of carbonyl (C=O) groups is 3. The molecule has 0 aromatic carbocycles. The van der Waals surface area contributed by atoms with E-state index in [1.54, 1.807) is 31.5 Å². The van der Waals surface area contributed by atoms with E-state index in [2.05, 4.69) is 25.5 Å². The molecular weight excluding hydrogens is 372 g/mol. The van der Waals surface area contributed by atoms with Gasteiger partial charge in [-0.05, 0) is 19.1 Å². The summed E-state index contributed by atoms with van der Waals surface area (Å²) in [6.45, 7) is 1.61. The standard InChI is InChI=1S/C16H16N6O4S/c1-9-11(14(24)22(2)15(25)18-9)6-13-20-21-16(26-13)27-8-12(23)19-10-4-3-5-17-7-10/h3-5,7,11H,6,8H2,1-2H3,(H,19,23). The first-order valence-corrected chi connectivity index (χ1v) is 8.94. The third kappa shape index (κ3) is 4.56. The highest BCUT2D eigenvalue weighted by atomic mass is 32.2. The third-order valence-corrected chi connectivity index (χ3v) is 4.61. The van der Waals surface area contributed by atoms with Crippen molar-refractivity contribution in [3.05, 3.63) is 30.4 Å². The Balaban J connectivity index is 1.56. The van der Waals surface area contributed by atoms with Gasteiger partial charge in [-0.15, -0.1) is 10.2 Å². The molecule has 2 aromatic heterocycles. The molecule has 0 spiro atoms. The zero-order valence-electron chi connectivity index (χ0n) is 14.6. The molecule has 0 bridgehead atoms. The lowest BCUT2D eigenvalue weighted by molar-refractivity contribution is -0.129. The van der Waals surface area contributed by atoms with Crippen molar-refractivity contribution < 1.29 is 18.8 Å². The number of aromatic nitrogens is 3. The predicted molar refractivity (Wildman–Crippen MR) is 96.4 cm³/mol. The molecule has 0 aliphatic carbocycles. The number of anilines is 1. The molecule has 11 heteroatoms. The van der Waals surface area contributed by atoms with Crippen LogP contribution >= 0.6 is 11.8 Å². The lowest BCUT2D eigenvalue weighted by atomic mass is 9.97. The van der Waals surface area contributed by atoms with Crippen LogP contribution in [0.2, 0.25) is 0 Å². The molecule has 10 nitrogen and oxygen atoms in total. The summed E-state index contributed by atoms with van der Waals surface area (Å²) < 4.78 is 5.48. The molecule has 1 aliphatic rings. The molecule has 3 heterocycles. The third-order valence-electron chi connectivity index (χ3n) is 3.79. The van der Waals surface area contributed by atoms with Crippen molar-refractivity contribution >= 4 is 41.0 Å². The Bertz CT molecular complexity index is 897. The van der Waals surface area contributed by atoms with E-state index in [1.807, 2.05) is 0 Å². The van der Waals surface area contributed by atoms with E-state index in [0.717, 1.165) is 16.7 Å². The summed E-state index contributed by atoms with van der Waals surface area (Å²) in [4.78, 5) is 44.4. The Kier molecular flexibility index (Phi) is 5.60. The quantitative estimate of drug-likeness (QED) is 0.735. The highest BCUT2D eigenvalue weighted by molar-refractivity contribution is 7.99. The molecule has 1 N–H and O–H groups in total. The predicted octanol–water partition coefficient (Wildman–Crippen LogP) is 1.41. The Morgan fingerprint density at radius 3 is 2.93 bits per heavy atom. The van der Waals surface area contributed by atoms with Gasteiger partial charge in [0.15, 0.2) is 0 Å². The average Bonchev–Trinajstić information content (AvgIpc) is 3.10. The minimum Gasteiger partial charge on any atom is -0.416 e. The van der Waals surface area contributed by atoms with Crippen LogP contribution in [0.5, 0.6) is 0 Å². The summed E-state index contributed by atoms with van der Waals surface area (Å²) in [5.41, 5.74) is 1.00. The van der Waals surface area contributed by atoms with E-state index in [0.29, 0.717) is 11.4 Å². The van der Waals surface area contributed by atoms with Gasteiger partial charge in [0.25, 0.3) is 5.22 Å². The molecule has 1 aliphatic heterocycles. The number of carbonyl (C=O) groups excluding carboxylic acids is 3. The first-order chi connectivity index (χ1) is 12.9. The van der Waals surface area contributed by atoms with Gasteiger partial charge in [0.2, 0.25) is 17.7 Å². The fourth-order valence-electron chi connectivity index (χ4n) is 2.36. The van der Waals surface area contributed by atoms with Crippen LogP contribution in [0.25, 0.3) is 0 Å². The summed E-state index contributed by atoms with van der Waals surface area (Å²) in [7, 11) is 1.38. The smallest absolute Gasteiger partial charge is 0.349 e. The number of hydrogen-bond acceptors (Lipinski definition) is 8. The van der Waals surface area contributed by atoms with E-state index < -0.39 is 11.9 Å². The normalized spacial score (nSPS) is 17.0. The molecule has 0 saturated heterocycles. The average molecular weight is 388 g/mol. The Morgan fingerprint density at radius 1 is 1.37 bits per heavy atom. The van der Waals surface area contributed by atoms with Gasteiger partial charge in [-0.1, -0.05) is 11.8 Å². The second-order valence-corrected chi connectivity index (χ2v) is 6.66. The van der Waals surface area contributed by atoms with Gasteiger partial charge in [0.1, 0.15) is 0 Å². The minimum atomic E-state index is -0.625. The Hall–Kier alpha value is -3.08. The molecule has 0 fully saturated rings. The van der Waals surface area contributed by atoms with E-state index in [4.69, 9.17) is 4.42 Å². The highest BCUT2D eigenvalue weighted by Gasteiger charge is 2.34. The van der Waals surface area contributed by atoms with Crippen molar-refractivity contribution in [1.29, 1.82) is 0 Å². The summed E-state index contributed by atoms with van der Waals surface area (Å²) in [6.07, 6.45) is 3.29. The van der Waals surface area contributed by atoms with Crippen LogP contribution < -0.4 is 5.32 Å². The molecule has 4 amide bonds. The number of pyridine rings is 1. The molecule has 1 atom stereocenters. The summed E-state index contributed by atoms with van der Waals surface area (Å²) in [6, 6.07) is 2.86. The lowest BCUT2D eigenvalue weighted by Gasteiger charge is -2.24. The van der Waals surface area contributed by atoms with Crippen LogP contribution in [0.1, 0.15) is 12.8 Å². The zero-order chi connectivity index (χ0) is 19.4. The maximum absolute atomic E-state index is 12.2. The number of imide groups is 1. The number of hydrogen-bond donors (Lipinski definition) is 1. The van der Waals surface area contributed by atoms with Crippen molar-refractivity contribution in [3.63, 3.8) is 0 Å². The van der Waals surface area contributed by atoms with Crippen molar-refractivity contribution in [2.45, 2.75) is 18.6 Å². The van der Waals surface area contributed by atoms with Crippen molar-refractivity contribution in [2.75, 3.05) is 18.1 Å². The largest absolute Gasteiger partial charge is 0.416 e. The minimum absolute atomic E-state index is 0.0800. The molecule has 27 heavy (non-hydrogen) atoms. The van der Waals surface area contributed by atoms with Crippen LogP contribution in [0.3, 0.4) is 0 Å². The van der Waals surface area contributed by atoms with Gasteiger partial charge in [0, 0.05) is 25.4 Å². The molecular formula is C16H16N6O4S. The van der Waals surface area contributed by atoms with Crippen LogP contribution in [0.4, 0.5) is 10.5 Å². The lowest BCUT2D eigenvalue weighted by Crippen LogP contribution is -2.44. The van der Waals surface area contributed by atoms with E-state index in [1.165, 1.54) is 7.05 Å². The van der Waals surface area contributed by atoms with Crippen molar-refractivity contribution in [2.24, 2.45) is 10.9 Å². The maximum Gasteiger partial charge on any atom is 0.349 e. The second kappa shape index (κ2) is 8.08. The summed E-state index contributed by atoms with van der Waals surface area (Å²) in [5.74, 6) is -0.911. The van der Waals surface area contributed by atoms with Gasteiger partial charge in [-0.3, -0.25) is 19.5 Å². The van der Waals surface area contributed by atoms with E-state index in [9.17, 15) is 14.4 Å². The number of rotatable bonds is 6. The molecule has 0 saturated carbocycles. The molecule has 0 radical (unpaired) electrons.